The van der Waals surface area contributed by atoms with E-state index in [0.717, 1.165) is 0 Å². The zero-order valence-corrected chi connectivity index (χ0v) is 11.2. The van der Waals surface area contributed by atoms with Gasteiger partial charge >= 0.3 is 0 Å². The third-order valence-electron chi connectivity index (χ3n) is 2.02. The maximum atomic E-state index is 11.7. The number of thiophene rings is 1. The Morgan fingerprint density at radius 1 is 1.53 bits per heavy atom. The minimum atomic E-state index is -3.29. The average Bonchev–Trinajstić information content (AvgIpc) is 2.76. The lowest BCUT2D eigenvalue weighted by Crippen LogP contribution is -2.32. The van der Waals surface area contributed by atoms with Crippen LogP contribution in [0.15, 0.2) is 11.4 Å². The van der Waals surface area contributed by atoms with Gasteiger partial charge in [-0.2, -0.15) is 0 Å². The molecule has 0 radical (unpaired) electrons. The predicted octanol–water partition coefficient (Wildman–Crippen LogP) is 0.0357. The van der Waals surface area contributed by atoms with Gasteiger partial charge in [-0.05, 0) is 18.5 Å². The van der Waals surface area contributed by atoms with Gasteiger partial charge in [-0.25, -0.2) is 13.1 Å². The third kappa shape index (κ3) is 3.99. The maximum Gasteiger partial charge on any atom is 0.265 e. The Kier molecular flexibility index (Phi) is 4.91. The minimum Gasteiger partial charge on any atom is -0.495 e. The van der Waals surface area contributed by atoms with Crippen molar-refractivity contribution < 1.29 is 17.9 Å². The summed E-state index contributed by atoms with van der Waals surface area (Å²) in [6.45, 7) is 0.0586. The molecule has 0 saturated heterocycles. The summed E-state index contributed by atoms with van der Waals surface area (Å²) in [6, 6.07) is 1.68. The summed E-state index contributed by atoms with van der Waals surface area (Å²) in [5, 5.41) is 4.26. The van der Waals surface area contributed by atoms with Crippen LogP contribution in [-0.4, -0.2) is 40.8 Å². The molecule has 0 aliphatic heterocycles. The molecule has 2 N–H and O–H groups in total. The van der Waals surface area contributed by atoms with Crippen LogP contribution in [0.1, 0.15) is 9.67 Å². The molecule has 0 aliphatic rings. The van der Waals surface area contributed by atoms with E-state index in [1.54, 1.807) is 11.4 Å². The molecule has 1 amide bonds. The summed E-state index contributed by atoms with van der Waals surface area (Å²) < 4.78 is 29.4. The fourth-order valence-corrected chi connectivity index (χ4v) is 2.45. The highest BCUT2D eigenvalue weighted by atomic mass is 32.2. The number of hydrogen-bond acceptors (Lipinski definition) is 5. The Morgan fingerprint density at radius 3 is 2.82 bits per heavy atom. The molecule has 6 nitrogen and oxygen atoms in total. The van der Waals surface area contributed by atoms with Gasteiger partial charge in [0.25, 0.3) is 5.91 Å². The minimum absolute atomic E-state index is 0.0586. The van der Waals surface area contributed by atoms with Crippen LogP contribution in [0.4, 0.5) is 0 Å². The monoisotopic (exact) mass is 278 g/mol. The van der Waals surface area contributed by atoms with E-state index in [9.17, 15) is 13.2 Å². The Hall–Kier alpha value is -1.12. The van der Waals surface area contributed by atoms with Crippen LogP contribution in [0.3, 0.4) is 0 Å². The van der Waals surface area contributed by atoms with Crippen molar-refractivity contribution in [1.29, 1.82) is 0 Å². The molecule has 0 atom stereocenters. The van der Waals surface area contributed by atoms with Crippen LogP contribution in [0, 0.1) is 0 Å². The van der Waals surface area contributed by atoms with Crippen molar-refractivity contribution in [2.75, 3.05) is 26.5 Å². The van der Waals surface area contributed by atoms with Gasteiger partial charge in [0.15, 0.2) is 0 Å². The Balaban J connectivity index is 2.51. The van der Waals surface area contributed by atoms with Gasteiger partial charge < -0.3 is 10.1 Å². The second-order valence-corrected chi connectivity index (χ2v) is 6.06. The molecule has 0 unspecified atom stereocenters. The molecule has 1 heterocycles. The van der Waals surface area contributed by atoms with E-state index in [1.165, 1.54) is 25.5 Å². The van der Waals surface area contributed by atoms with Crippen molar-refractivity contribution in [3.05, 3.63) is 16.3 Å². The highest BCUT2D eigenvalue weighted by molar-refractivity contribution is 7.89. The molecule has 8 heteroatoms. The zero-order chi connectivity index (χ0) is 12.9. The molecule has 0 bridgehead atoms. The summed E-state index contributed by atoms with van der Waals surface area (Å²) in [7, 11) is -0.483. The molecule has 1 rings (SSSR count). The quantitative estimate of drug-likeness (QED) is 0.769. The number of sulfonamides is 1. The summed E-state index contributed by atoms with van der Waals surface area (Å²) >= 11 is 1.24. The second kappa shape index (κ2) is 5.99. The first-order chi connectivity index (χ1) is 8.00. The molecule has 1 aromatic heterocycles. The number of rotatable bonds is 6. The van der Waals surface area contributed by atoms with Gasteiger partial charge in [0, 0.05) is 6.54 Å². The summed E-state index contributed by atoms with van der Waals surface area (Å²) in [4.78, 5) is 12.1. The van der Waals surface area contributed by atoms with Crippen LogP contribution in [0.25, 0.3) is 0 Å². The SMILES string of the molecule is CNS(=O)(=O)CCNC(=O)c1sccc1OC. The van der Waals surface area contributed by atoms with E-state index < -0.39 is 10.0 Å². The van der Waals surface area contributed by atoms with E-state index in [2.05, 4.69) is 10.0 Å². The lowest BCUT2D eigenvalue weighted by Gasteiger charge is -2.05. The number of ether oxygens (including phenoxy) is 1. The van der Waals surface area contributed by atoms with Gasteiger partial charge in [-0.1, -0.05) is 0 Å². The van der Waals surface area contributed by atoms with Crippen molar-refractivity contribution in [2.45, 2.75) is 0 Å². The fraction of sp³-hybridized carbons (Fsp3) is 0.444. The van der Waals surface area contributed by atoms with Crippen LogP contribution in [-0.2, 0) is 10.0 Å². The van der Waals surface area contributed by atoms with Crippen LogP contribution < -0.4 is 14.8 Å². The molecule has 0 aliphatic carbocycles. The van der Waals surface area contributed by atoms with E-state index in [-0.39, 0.29) is 18.2 Å². The number of methoxy groups -OCH3 is 1. The van der Waals surface area contributed by atoms with Crippen molar-refractivity contribution in [1.82, 2.24) is 10.0 Å². The van der Waals surface area contributed by atoms with E-state index >= 15 is 0 Å². The molecule has 0 saturated carbocycles. The van der Waals surface area contributed by atoms with Crippen molar-refractivity contribution in [2.24, 2.45) is 0 Å². The lowest BCUT2D eigenvalue weighted by molar-refractivity contribution is 0.0957. The van der Waals surface area contributed by atoms with Gasteiger partial charge in [0.05, 0.1) is 12.9 Å². The first-order valence-corrected chi connectivity index (χ1v) is 7.34. The average molecular weight is 278 g/mol. The smallest absolute Gasteiger partial charge is 0.265 e. The van der Waals surface area contributed by atoms with E-state index in [1.807, 2.05) is 0 Å². The van der Waals surface area contributed by atoms with Gasteiger partial charge in [0.1, 0.15) is 10.6 Å². The molecule has 0 spiro atoms. The zero-order valence-electron chi connectivity index (χ0n) is 9.52. The normalized spacial score (nSPS) is 11.2. The lowest BCUT2D eigenvalue weighted by atomic mass is 10.4. The van der Waals surface area contributed by atoms with E-state index in [4.69, 9.17) is 4.74 Å². The van der Waals surface area contributed by atoms with Crippen LogP contribution >= 0.6 is 11.3 Å². The Labute approximate surface area is 104 Å². The largest absolute Gasteiger partial charge is 0.495 e. The predicted molar refractivity (Wildman–Crippen MR) is 66.1 cm³/mol. The highest BCUT2D eigenvalue weighted by Gasteiger charge is 2.14. The summed E-state index contributed by atoms with van der Waals surface area (Å²) in [6.07, 6.45) is 0. The molecular weight excluding hydrogens is 264 g/mol. The van der Waals surface area contributed by atoms with Gasteiger partial charge in [0.2, 0.25) is 10.0 Å². The molecule has 96 valence electrons. The maximum absolute atomic E-state index is 11.7. The van der Waals surface area contributed by atoms with Crippen molar-refractivity contribution in [3.8, 4) is 5.75 Å². The standard InChI is InChI=1S/C9H14N2O4S2/c1-10-17(13,14)6-4-11-9(12)8-7(15-2)3-5-16-8/h3,5,10H,4,6H2,1-2H3,(H,11,12). The Bertz CT molecular complexity index is 481. The molecule has 17 heavy (non-hydrogen) atoms. The second-order valence-electron chi connectivity index (χ2n) is 3.10. The van der Waals surface area contributed by atoms with Crippen LogP contribution in [0.2, 0.25) is 0 Å². The van der Waals surface area contributed by atoms with Crippen LogP contribution in [0.5, 0.6) is 5.75 Å². The summed E-state index contributed by atoms with van der Waals surface area (Å²) in [5.41, 5.74) is 0. The highest BCUT2D eigenvalue weighted by Crippen LogP contribution is 2.23. The third-order valence-corrected chi connectivity index (χ3v) is 4.28. The van der Waals surface area contributed by atoms with E-state index in [0.29, 0.717) is 10.6 Å². The molecule has 0 aromatic carbocycles. The molecule has 1 aromatic rings. The first kappa shape index (κ1) is 13.9. The number of nitrogens with one attached hydrogen (secondary N) is 2. The fourth-order valence-electron chi connectivity index (χ4n) is 1.11. The number of carbonyl (C=O) groups excluding carboxylic acids is 1. The number of carbonyl (C=O) groups is 1. The topological polar surface area (TPSA) is 84.5 Å². The first-order valence-electron chi connectivity index (χ1n) is 4.81. The van der Waals surface area contributed by atoms with Crippen molar-refractivity contribution in [3.63, 3.8) is 0 Å². The van der Waals surface area contributed by atoms with Crippen molar-refractivity contribution >= 4 is 27.3 Å². The van der Waals surface area contributed by atoms with Gasteiger partial charge in [-0.15, -0.1) is 11.3 Å². The number of hydrogen-bond donors (Lipinski definition) is 2. The Morgan fingerprint density at radius 2 is 2.24 bits per heavy atom. The van der Waals surface area contributed by atoms with Gasteiger partial charge in [-0.3, -0.25) is 4.79 Å². The molecular formula is C9H14N2O4S2. The summed E-state index contributed by atoms with van der Waals surface area (Å²) in [5.74, 6) is 0.00951. The number of amides is 1. The molecule has 0 fully saturated rings.